The van der Waals surface area contributed by atoms with Crippen molar-refractivity contribution in [3.8, 4) is 11.4 Å². The van der Waals surface area contributed by atoms with Crippen LogP contribution in [0.2, 0.25) is 0 Å². The summed E-state index contributed by atoms with van der Waals surface area (Å²) in [7, 11) is 0. The zero-order valence-electron chi connectivity index (χ0n) is 15.6. The van der Waals surface area contributed by atoms with E-state index in [0.29, 0.717) is 24.1 Å². The zero-order valence-corrected chi connectivity index (χ0v) is 15.6. The normalized spacial score (nSPS) is 13.3. The summed E-state index contributed by atoms with van der Waals surface area (Å²) in [5.41, 5.74) is 2.39. The second-order valence-electron chi connectivity index (χ2n) is 7.38. The van der Waals surface area contributed by atoms with Crippen LogP contribution >= 0.6 is 0 Å². The van der Waals surface area contributed by atoms with Crippen molar-refractivity contribution in [2.45, 2.75) is 39.7 Å². The Morgan fingerprint density at radius 1 is 1.22 bits per heavy atom. The van der Waals surface area contributed by atoms with Crippen molar-refractivity contribution in [2.24, 2.45) is 5.92 Å². The van der Waals surface area contributed by atoms with E-state index >= 15 is 0 Å². The number of fused-ring (bicyclic) bond motifs is 2. The first-order valence-electron chi connectivity index (χ1n) is 9.38. The first kappa shape index (κ1) is 17.5. The van der Waals surface area contributed by atoms with Crippen molar-refractivity contribution in [1.82, 2.24) is 24.5 Å². The number of carbonyl (C=O) groups is 1. The van der Waals surface area contributed by atoms with Crippen LogP contribution in [0.3, 0.4) is 0 Å². The van der Waals surface area contributed by atoms with E-state index in [1.54, 1.807) is 0 Å². The molecule has 7 heteroatoms. The minimum absolute atomic E-state index is 0.0763. The maximum atomic E-state index is 12.9. The third-order valence-corrected chi connectivity index (χ3v) is 4.84. The molecule has 1 aromatic carbocycles. The Morgan fingerprint density at radius 2 is 2.00 bits per heavy atom. The van der Waals surface area contributed by atoms with E-state index < -0.39 is 0 Å². The summed E-state index contributed by atoms with van der Waals surface area (Å²) < 4.78 is 3.21. The summed E-state index contributed by atoms with van der Waals surface area (Å²) in [4.78, 5) is 29.9. The third kappa shape index (κ3) is 3.25. The van der Waals surface area contributed by atoms with Gasteiger partial charge >= 0.3 is 0 Å². The van der Waals surface area contributed by atoms with Gasteiger partial charge in [-0.1, -0.05) is 44.2 Å². The molecule has 140 valence electrons. The van der Waals surface area contributed by atoms with Crippen LogP contribution in [0.5, 0.6) is 0 Å². The number of hydrogen-bond acceptors (Lipinski definition) is 4. The van der Waals surface area contributed by atoms with Gasteiger partial charge in [0.15, 0.2) is 5.82 Å². The quantitative estimate of drug-likeness (QED) is 0.748. The van der Waals surface area contributed by atoms with Crippen LogP contribution in [-0.2, 0) is 24.2 Å². The molecule has 2 heterocycles. The first-order chi connectivity index (χ1) is 13.0. The highest BCUT2D eigenvalue weighted by Crippen LogP contribution is 2.22. The predicted molar refractivity (Wildman–Crippen MR) is 103 cm³/mol. The molecule has 0 fully saturated rings. The van der Waals surface area contributed by atoms with Crippen molar-refractivity contribution in [3.05, 3.63) is 51.9 Å². The van der Waals surface area contributed by atoms with Gasteiger partial charge in [0.25, 0.3) is 5.56 Å². The third-order valence-electron chi connectivity index (χ3n) is 4.84. The summed E-state index contributed by atoms with van der Waals surface area (Å²) in [6.45, 7) is 4.88. The second-order valence-corrected chi connectivity index (χ2v) is 7.38. The molecule has 2 aromatic heterocycles. The van der Waals surface area contributed by atoms with E-state index in [-0.39, 0.29) is 18.0 Å². The predicted octanol–water partition coefficient (Wildman–Crippen LogP) is 1.82. The van der Waals surface area contributed by atoms with E-state index in [2.05, 4.69) is 29.2 Å². The molecular weight excluding hydrogens is 342 g/mol. The van der Waals surface area contributed by atoms with Gasteiger partial charge in [0.2, 0.25) is 11.7 Å². The van der Waals surface area contributed by atoms with Gasteiger partial charge in [0.1, 0.15) is 6.54 Å². The Hall–Kier alpha value is -2.96. The molecule has 0 atom stereocenters. The molecule has 0 saturated carbocycles. The van der Waals surface area contributed by atoms with E-state index in [0.717, 1.165) is 36.1 Å². The fraction of sp³-hybridized carbons (Fsp3) is 0.400. The Morgan fingerprint density at radius 3 is 2.74 bits per heavy atom. The van der Waals surface area contributed by atoms with Crippen LogP contribution in [0.25, 0.3) is 17.2 Å². The average Bonchev–Trinajstić information content (AvgIpc) is 3.32. The lowest BCUT2D eigenvalue weighted by atomic mass is 10.2. The van der Waals surface area contributed by atoms with E-state index in [4.69, 9.17) is 0 Å². The molecule has 1 amide bonds. The molecule has 0 radical (unpaired) electrons. The maximum Gasteiger partial charge on any atom is 0.279 e. The van der Waals surface area contributed by atoms with Crippen molar-refractivity contribution in [1.29, 1.82) is 0 Å². The lowest BCUT2D eigenvalue weighted by Crippen LogP contribution is -2.33. The molecule has 27 heavy (non-hydrogen) atoms. The average molecular weight is 365 g/mol. The standard InChI is InChI=1S/C20H23N5O2/c1-13(2)11-21-17(26)12-24-16-10-6-9-15(16)19(27)25-20(24)22-18(23-25)14-7-4-3-5-8-14/h3-5,7-8,13H,6,9-12H2,1-2H3,(H,21,26). The summed E-state index contributed by atoms with van der Waals surface area (Å²) in [5.74, 6) is 1.23. The van der Waals surface area contributed by atoms with Crippen LogP contribution in [-0.4, -0.2) is 31.6 Å². The largest absolute Gasteiger partial charge is 0.354 e. The number of rotatable bonds is 5. The summed E-state index contributed by atoms with van der Waals surface area (Å²) >= 11 is 0. The number of nitrogens with zero attached hydrogens (tertiary/aromatic N) is 4. The number of carbonyl (C=O) groups excluding carboxylic acids is 1. The van der Waals surface area contributed by atoms with Crippen LogP contribution in [0.4, 0.5) is 0 Å². The Labute approximate surface area is 157 Å². The number of nitrogens with one attached hydrogen (secondary N) is 1. The van der Waals surface area contributed by atoms with Gasteiger partial charge in [-0.3, -0.25) is 9.59 Å². The van der Waals surface area contributed by atoms with Crippen LogP contribution in [0, 0.1) is 5.92 Å². The smallest absolute Gasteiger partial charge is 0.279 e. The van der Waals surface area contributed by atoms with Gasteiger partial charge in [0.05, 0.1) is 0 Å². The van der Waals surface area contributed by atoms with Gasteiger partial charge in [-0.25, -0.2) is 0 Å². The number of amides is 1. The van der Waals surface area contributed by atoms with E-state index in [9.17, 15) is 9.59 Å². The minimum Gasteiger partial charge on any atom is -0.354 e. The molecular formula is C20H23N5O2. The maximum absolute atomic E-state index is 12.9. The van der Waals surface area contributed by atoms with E-state index in [1.807, 2.05) is 34.9 Å². The molecule has 0 unspecified atom stereocenters. The van der Waals surface area contributed by atoms with Gasteiger partial charge in [-0.05, 0) is 25.2 Å². The number of hydrogen-bond donors (Lipinski definition) is 1. The van der Waals surface area contributed by atoms with Crippen molar-refractivity contribution < 1.29 is 4.79 Å². The van der Waals surface area contributed by atoms with Crippen molar-refractivity contribution in [2.75, 3.05) is 6.54 Å². The SMILES string of the molecule is CC(C)CNC(=O)Cn1c2c(c(=O)n3nc(-c4ccccc4)nc13)CCC2. The Kier molecular flexibility index (Phi) is 4.51. The summed E-state index contributed by atoms with van der Waals surface area (Å²) in [5, 5.41) is 7.39. The monoisotopic (exact) mass is 365 g/mol. The number of aromatic nitrogens is 4. The second kappa shape index (κ2) is 6.98. The van der Waals surface area contributed by atoms with Crippen LogP contribution < -0.4 is 10.9 Å². The zero-order chi connectivity index (χ0) is 19.0. The highest BCUT2D eigenvalue weighted by molar-refractivity contribution is 5.76. The lowest BCUT2D eigenvalue weighted by Gasteiger charge is -2.14. The Bertz CT molecular complexity index is 1050. The Balaban J connectivity index is 1.81. The van der Waals surface area contributed by atoms with Crippen molar-refractivity contribution >= 4 is 11.7 Å². The fourth-order valence-corrected chi connectivity index (χ4v) is 3.51. The molecule has 7 nitrogen and oxygen atoms in total. The minimum atomic E-state index is -0.119. The van der Waals surface area contributed by atoms with E-state index in [1.165, 1.54) is 4.52 Å². The molecule has 0 bridgehead atoms. The molecule has 1 aliphatic rings. The van der Waals surface area contributed by atoms with Crippen LogP contribution in [0.15, 0.2) is 35.1 Å². The van der Waals surface area contributed by atoms with Gasteiger partial charge in [-0.15, -0.1) is 5.10 Å². The van der Waals surface area contributed by atoms with Gasteiger partial charge in [-0.2, -0.15) is 9.50 Å². The van der Waals surface area contributed by atoms with Gasteiger partial charge in [0, 0.05) is 23.4 Å². The molecule has 0 aliphatic heterocycles. The van der Waals surface area contributed by atoms with Gasteiger partial charge < -0.3 is 9.88 Å². The molecule has 4 rings (SSSR count). The summed E-state index contributed by atoms with van der Waals surface area (Å²) in [6, 6.07) is 9.56. The highest BCUT2D eigenvalue weighted by atomic mass is 16.2. The fourth-order valence-electron chi connectivity index (χ4n) is 3.51. The molecule has 0 spiro atoms. The molecule has 1 N–H and O–H groups in total. The molecule has 0 saturated heterocycles. The topological polar surface area (TPSA) is 81.3 Å². The summed E-state index contributed by atoms with van der Waals surface area (Å²) in [6.07, 6.45) is 2.42. The first-order valence-corrected chi connectivity index (χ1v) is 9.38. The lowest BCUT2D eigenvalue weighted by molar-refractivity contribution is -0.121. The van der Waals surface area contributed by atoms with Crippen molar-refractivity contribution in [3.63, 3.8) is 0 Å². The number of benzene rings is 1. The molecule has 3 aromatic rings. The highest BCUT2D eigenvalue weighted by Gasteiger charge is 2.25. The molecule has 1 aliphatic carbocycles. The van der Waals surface area contributed by atoms with Crippen LogP contribution in [0.1, 0.15) is 31.5 Å².